The molecule has 6 N–H and O–H groups in total. The summed E-state index contributed by atoms with van der Waals surface area (Å²) in [6.45, 7) is 9.67. The van der Waals surface area contributed by atoms with Crippen LogP contribution in [0.4, 0.5) is 0 Å². The minimum Gasteiger partial charge on any atom is -0.355 e. The average Bonchev–Trinajstić information content (AvgIpc) is 3.48. The van der Waals surface area contributed by atoms with Gasteiger partial charge in [-0.3, -0.25) is 0 Å². The zero-order chi connectivity index (χ0) is 24.0. The molecule has 0 spiro atoms. The van der Waals surface area contributed by atoms with E-state index >= 15 is 0 Å². The third-order valence-corrected chi connectivity index (χ3v) is 6.87. The summed E-state index contributed by atoms with van der Waals surface area (Å²) in [5.74, 6) is 0. The van der Waals surface area contributed by atoms with Crippen molar-refractivity contribution in [3.05, 3.63) is 69.8 Å². The van der Waals surface area contributed by atoms with Gasteiger partial charge in [0.15, 0.2) is 0 Å². The summed E-state index contributed by atoms with van der Waals surface area (Å²) >= 11 is 0. The van der Waals surface area contributed by atoms with Crippen molar-refractivity contribution in [2.75, 3.05) is 13.1 Å². The third-order valence-electron chi connectivity index (χ3n) is 6.87. The number of H-pyrrole nitrogens is 2. The molecule has 0 fully saturated rings. The lowest BCUT2D eigenvalue weighted by Gasteiger charge is -2.02. The second-order valence-corrected chi connectivity index (χ2v) is 9.27. The van der Waals surface area contributed by atoms with Crippen molar-refractivity contribution in [2.24, 2.45) is 11.5 Å². The fourth-order valence-corrected chi connectivity index (χ4v) is 4.93. The molecule has 2 aliphatic heterocycles. The molecule has 6 heteroatoms. The number of rotatable bonds is 4. The molecule has 3 aromatic rings. The molecule has 2 aliphatic rings. The van der Waals surface area contributed by atoms with Gasteiger partial charge in [0.05, 0.1) is 22.8 Å². The highest BCUT2D eigenvalue weighted by atomic mass is 14.8. The summed E-state index contributed by atoms with van der Waals surface area (Å²) in [5, 5.41) is 0. The molecule has 0 atom stereocenters. The van der Waals surface area contributed by atoms with E-state index < -0.39 is 0 Å². The lowest BCUT2D eigenvalue weighted by atomic mass is 10.0. The van der Waals surface area contributed by atoms with Gasteiger partial charge in [-0.1, -0.05) is 0 Å². The van der Waals surface area contributed by atoms with Crippen molar-refractivity contribution in [1.82, 2.24) is 19.9 Å². The van der Waals surface area contributed by atoms with Crippen molar-refractivity contribution in [3.63, 3.8) is 0 Å². The quantitative estimate of drug-likeness (QED) is 0.432. The van der Waals surface area contributed by atoms with Crippen LogP contribution >= 0.6 is 0 Å². The van der Waals surface area contributed by atoms with Crippen LogP contribution in [0.1, 0.15) is 59.7 Å². The molecule has 0 aromatic carbocycles. The number of allylic oxidation sites excluding steroid dienone is 2. The molecule has 5 heterocycles. The molecule has 3 aromatic heterocycles. The standard InChI is InChI=1S/C28H32N6/c1-15-9-20-12-25-17(3)21(5-7-29)27(33-25)14-28-22(6-8-30)18(4)26(34-28)13-24-16(2)10-19(32-24)11-23(15)31-20/h9-14,31,33H,5-8,29-30H2,1-4H3. The molecule has 0 unspecified atom stereocenters. The smallest absolute Gasteiger partial charge is 0.0693 e. The number of nitrogens with zero attached hydrogens (tertiary/aromatic N) is 2. The second kappa shape index (κ2) is 8.70. The number of hydrogen-bond donors (Lipinski definition) is 4. The van der Waals surface area contributed by atoms with Crippen LogP contribution in [-0.4, -0.2) is 33.0 Å². The lowest BCUT2D eigenvalue weighted by Crippen LogP contribution is -2.03. The molecule has 6 nitrogen and oxygen atoms in total. The predicted molar refractivity (Wildman–Crippen MR) is 143 cm³/mol. The molecule has 0 radical (unpaired) electrons. The molecular formula is C28H32N6. The highest BCUT2D eigenvalue weighted by molar-refractivity contribution is 5.93. The highest BCUT2D eigenvalue weighted by Gasteiger charge is 2.18. The van der Waals surface area contributed by atoms with Gasteiger partial charge in [0.1, 0.15) is 0 Å². The average molecular weight is 453 g/mol. The van der Waals surface area contributed by atoms with Gasteiger partial charge in [-0.15, -0.1) is 0 Å². The zero-order valence-corrected chi connectivity index (χ0v) is 20.3. The Morgan fingerprint density at radius 3 is 2.29 bits per heavy atom. The minimum absolute atomic E-state index is 0.576. The largest absolute Gasteiger partial charge is 0.355 e. The monoisotopic (exact) mass is 452 g/mol. The summed E-state index contributed by atoms with van der Waals surface area (Å²) < 4.78 is 0. The molecule has 0 saturated heterocycles. The van der Waals surface area contributed by atoms with E-state index in [4.69, 9.17) is 21.4 Å². The highest BCUT2D eigenvalue weighted by Crippen LogP contribution is 2.34. The van der Waals surface area contributed by atoms with Crippen molar-refractivity contribution in [2.45, 2.75) is 40.5 Å². The number of aromatic amines is 2. The molecule has 0 saturated carbocycles. The Morgan fingerprint density at radius 2 is 1.53 bits per heavy atom. The number of aryl methyl sites for hydroxylation is 2. The predicted octanol–water partition coefficient (Wildman–Crippen LogP) is 5.27. The Hall–Kier alpha value is -3.48. The molecule has 34 heavy (non-hydrogen) atoms. The number of hydrogen-bond acceptors (Lipinski definition) is 4. The van der Waals surface area contributed by atoms with Gasteiger partial charge in [-0.25, -0.2) is 9.97 Å². The van der Waals surface area contributed by atoms with Crippen LogP contribution in [0.2, 0.25) is 0 Å². The summed E-state index contributed by atoms with van der Waals surface area (Å²) in [5.41, 5.74) is 27.1. The van der Waals surface area contributed by atoms with E-state index in [0.717, 1.165) is 68.8 Å². The second-order valence-electron chi connectivity index (χ2n) is 9.27. The topological polar surface area (TPSA) is 109 Å². The fourth-order valence-electron chi connectivity index (χ4n) is 4.93. The van der Waals surface area contributed by atoms with Crippen LogP contribution in [0.5, 0.6) is 0 Å². The van der Waals surface area contributed by atoms with E-state index in [2.05, 4.69) is 74.1 Å². The Morgan fingerprint density at radius 1 is 0.735 bits per heavy atom. The van der Waals surface area contributed by atoms with Gasteiger partial charge in [-0.2, -0.15) is 0 Å². The molecule has 0 aliphatic carbocycles. The van der Waals surface area contributed by atoms with Gasteiger partial charge >= 0.3 is 0 Å². The molecular weight excluding hydrogens is 420 g/mol. The van der Waals surface area contributed by atoms with E-state index in [-0.39, 0.29) is 0 Å². The third kappa shape index (κ3) is 3.89. The Labute approximate surface area is 199 Å². The summed E-state index contributed by atoms with van der Waals surface area (Å²) in [6.07, 6.45) is 3.70. The summed E-state index contributed by atoms with van der Waals surface area (Å²) in [7, 11) is 0. The van der Waals surface area contributed by atoms with E-state index in [1.54, 1.807) is 0 Å². The van der Waals surface area contributed by atoms with Crippen molar-refractivity contribution in [3.8, 4) is 0 Å². The Bertz CT molecular complexity index is 1510. The maximum absolute atomic E-state index is 5.99. The van der Waals surface area contributed by atoms with E-state index in [0.29, 0.717) is 13.1 Å². The van der Waals surface area contributed by atoms with E-state index in [9.17, 15) is 0 Å². The zero-order valence-electron chi connectivity index (χ0n) is 20.3. The molecule has 0 amide bonds. The summed E-state index contributed by atoms with van der Waals surface area (Å²) in [4.78, 5) is 17.1. The van der Waals surface area contributed by atoms with Crippen LogP contribution in [0.3, 0.4) is 0 Å². The van der Waals surface area contributed by atoms with Gasteiger partial charge in [0.25, 0.3) is 0 Å². The Kier molecular flexibility index (Phi) is 5.71. The first kappa shape index (κ1) is 22.3. The first-order valence-corrected chi connectivity index (χ1v) is 11.9. The van der Waals surface area contributed by atoms with Crippen molar-refractivity contribution < 1.29 is 0 Å². The normalized spacial score (nSPS) is 13.5. The molecule has 174 valence electrons. The van der Waals surface area contributed by atoms with Crippen molar-refractivity contribution in [1.29, 1.82) is 0 Å². The van der Waals surface area contributed by atoms with Crippen molar-refractivity contribution >= 4 is 44.9 Å². The number of aromatic nitrogens is 4. The number of nitrogens with two attached hydrogens (primary N) is 2. The van der Waals surface area contributed by atoms with Crippen LogP contribution in [0.25, 0.3) is 44.9 Å². The number of fused-ring (bicyclic) bond motifs is 8. The fraction of sp³-hybridized carbons (Fsp3) is 0.286. The maximum Gasteiger partial charge on any atom is 0.0693 e. The van der Waals surface area contributed by atoms with Gasteiger partial charge in [0.2, 0.25) is 0 Å². The number of nitrogens with one attached hydrogen (secondary N) is 2. The van der Waals surface area contributed by atoms with E-state index in [1.165, 1.54) is 22.3 Å². The summed E-state index contributed by atoms with van der Waals surface area (Å²) in [6, 6.07) is 10.7. The minimum atomic E-state index is 0.576. The van der Waals surface area contributed by atoms with Crippen LogP contribution in [0, 0.1) is 13.8 Å². The van der Waals surface area contributed by atoms with E-state index in [1.807, 2.05) is 0 Å². The van der Waals surface area contributed by atoms with Crippen LogP contribution in [0.15, 0.2) is 30.3 Å². The van der Waals surface area contributed by atoms with Gasteiger partial charge < -0.3 is 21.4 Å². The van der Waals surface area contributed by atoms with Crippen LogP contribution in [-0.2, 0) is 6.42 Å². The van der Waals surface area contributed by atoms with Gasteiger partial charge in [0, 0.05) is 22.1 Å². The van der Waals surface area contributed by atoms with Crippen LogP contribution < -0.4 is 11.5 Å². The first-order chi connectivity index (χ1) is 16.4. The molecule has 8 bridgehead atoms. The van der Waals surface area contributed by atoms with Gasteiger partial charge in [-0.05, 0) is 123 Å². The maximum atomic E-state index is 5.99. The molecule has 5 rings (SSSR count). The Balaban J connectivity index is 1.92. The first-order valence-electron chi connectivity index (χ1n) is 11.9. The SMILES string of the molecule is CC1=Cc2cc3[nH]c(cc3C)cc3[nH]c(cc4nc(cc1n2)C(C)=C4CCN)c(CCN)c3C. The lowest BCUT2D eigenvalue weighted by molar-refractivity contribution is 0.971.